The summed E-state index contributed by atoms with van der Waals surface area (Å²) in [5.41, 5.74) is 0. The molecule has 0 spiro atoms. The Morgan fingerprint density at radius 1 is 1.31 bits per heavy atom. The maximum atomic E-state index is 10.4. The Hall–Kier alpha value is -0.650. The molecule has 13 heavy (non-hydrogen) atoms. The van der Waals surface area contributed by atoms with Crippen molar-refractivity contribution >= 4 is 5.78 Å². The van der Waals surface area contributed by atoms with Crippen molar-refractivity contribution in [1.29, 1.82) is 0 Å². The van der Waals surface area contributed by atoms with Crippen molar-refractivity contribution < 1.29 is 27.5 Å². The van der Waals surface area contributed by atoms with Gasteiger partial charge in [0.15, 0.2) is 6.67 Å². The molecular weight excluding hydrogens is 192 g/mol. The molecule has 0 aromatic heterocycles. The van der Waals surface area contributed by atoms with Gasteiger partial charge >= 0.3 is 6.18 Å². The third-order valence-corrected chi connectivity index (χ3v) is 0.152. The number of rotatable bonds is 0. The topological polar surface area (TPSA) is 37.3 Å². The second-order valence-corrected chi connectivity index (χ2v) is 1.97. The van der Waals surface area contributed by atoms with E-state index in [2.05, 4.69) is 0 Å². The lowest BCUT2D eigenvalue weighted by Gasteiger charge is -1.93. The van der Waals surface area contributed by atoms with E-state index >= 15 is 0 Å². The van der Waals surface area contributed by atoms with Crippen molar-refractivity contribution in [2.75, 3.05) is 13.3 Å². The Morgan fingerprint density at radius 2 is 1.38 bits per heavy atom. The molecule has 0 aromatic carbocycles. The molecule has 0 heterocycles. The standard InChI is InChI=1S/C3H6O.C2H2F4.C2H6O/c1-3(2)4;3-1-2(4,5)6;1-2-3/h1-2H3;1H2;3H,2H2,1H3. The smallest absolute Gasteiger partial charge is 0.397 e. The molecule has 0 bridgehead atoms. The third kappa shape index (κ3) is 180. The van der Waals surface area contributed by atoms with Gasteiger partial charge in [0, 0.05) is 6.61 Å². The molecule has 0 atom stereocenters. The fraction of sp³-hybridized carbons (Fsp3) is 0.857. The van der Waals surface area contributed by atoms with Crippen molar-refractivity contribution in [3.8, 4) is 0 Å². The van der Waals surface area contributed by atoms with Crippen LogP contribution in [0.5, 0.6) is 0 Å². The Labute approximate surface area is 74.6 Å². The van der Waals surface area contributed by atoms with E-state index in [-0.39, 0.29) is 12.4 Å². The minimum absolute atomic E-state index is 0.167. The van der Waals surface area contributed by atoms with Gasteiger partial charge in [-0.15, -0.1) is 0 Å². The first-order chi connectivity index (χ1) is 5.71. The summed E-state index contributed by atoms with van der Waals surface area (Å²) >= 11 is 0. The molecule has 0 aliphatic carbocycles. The minimum atomic E-state index is -4.62. The van der Waals surface area contributed by atoms with E-state index in [1.807, 2.05) is 0 Å². The number of carbonyl (C=O) groups is 1. The molecule has 82 valence electrons. The number of Topliss-reactive ketones (excluding diaryl/α,β-unsaturated/α-hetero) is 1. The van der Waals surface area contributed by atoms with Crippen LogP contribution >= 0.6 is 0 Å². The van der Waals surface area contributed by atoms with E-state index < -0.39 is 12.9 Å². The zero-order valence-electron chi connectivity index (χ0n) is 7.78. The summed E-state index contributed by atoms with van der Waals surface area (Å²) < 4.78 is 41.6. The fourth-order valence-corrected chi connectivity index (χ4v) is 0. The van der Waals surface area contributed by atoms with Gasteiger partial charge in [-0.3, -0.25) is 0 Å². The SMILES string of the molecule is CC(C)=O.CCO.FCC(F)(F)F. The van der Waals surface area contributed by atoms with Gasteiger partial charge in [0.2, 0.25) is 0 Å². The molecule has 0 saturated carbocycles. The third-order valence-electron chi connectivity index (χ3n) is 0.152. The molecule has 0 aromatic rings. The second kappa shape index (κ2) is 11.4. The van der Waals surface area contributed by atoms with Gasteiger partial charge in [0.25, 0.3) is 0 Å². The van der Waals surface area contributed by atoms with Crippen molar-refractivity contribution in [2.45, 2.75) is 26.9 Å². The van der Waals surface area contributed by atoms with Crippen LogP contribution < -0.4 is 0 Å². The maximum Gasteiger partial charge on any atom is 0.416 e. The summed E-state index contributed by atoms with van der Waals surface area (Å²) in [6.45, 7) is 2.76. The summed E-state index contributed by atoms with van der Waals surface area (Å²) in [6.07, 6.45) is -4.62. The average Bonchev–Trinajstić information content (AvgIpc) is 1.86. The van der Waals surface area contributed by atoms with E-state index in [0.717, 1.165) is 0 Å². The van der Waals surface area contributed by atoms with Crippen molar-refractivity contribution in [3.63, 3.8) is 0 Å². The fourth-order valence-electron chi connectivity index (χ4n) is 0. The normalized spacial score (nSPS) is 8.92. The summed E-state index contributed by atoms with van der Waals surface area (Å²) in [7, 11) is 0. The van der Waals surface area contributed by atoms with Crippen LogP contribution in [0.2, 0.25) is 0 Å². The first-order valence-electron chi connectivity index (χ1n) is 3.42. The molecule has 0 rings (SSSR count). The number of alkyl halides is 4. The zero-order valence-corrected chi connectivity index (χ0v) is 7.78. The largest absolute Gasteiger partial charge is 0.416 e. The van der Waals surface area contributed by atoms with Crippen LogP contribution in [0.3, 0.4) is 0 Å². The molecule has 0 aliphatic rings. The highest BCUT2D eigenvalue weighted by Gasteiger charge is 2.26. The lowest BCUT2D eigenvalue weighted by atomic mass is 10.6. The van der Waals surface area contributed by atoms with E-state index in [9.17, 15) is 22.4 Å². The second-order valence-electron chi connectivity index (χ2n) is 1.97. The van der Waals surface area contributed by atoms with Crippen LogP contribution in [0.25, 0.3) is 0 Å². The summed E-state index contributed by atoms with van der Waals surface area (Å²) in [4.78, 5) is 9.44. The highest BCUT2D eigenvalue weighted by molar-refractivity contribution is 5.72. The highest BCUT2D eigenvalue weighted by Crippen LogP contribution is 2.13. The van der Waals surface area contributed by atoms with E-state index in [4.69, 9.17) is 5.11 Å². The van der Waals surface area contributed by atoms with E-state index in [1.165, 1.54) is 13.8 Å². The predicted octanol–water partition coefficient (Wildman–Crippen LogP) is 2.11. The number of aliphatic hydroxyl groups is 1. The molecular formula is C7H14F4O2. The quantitative estimate of drug-likeness (QED) is 0.616. The monoisotopic (exact) mass is 206 g/mol. The van der Waals surface area contributed by atoms with Crippen LogP contribution in [0.4, 0.5) is 17.6 Å². The molecule has 0 aliphatic heterocycles. The van der Waals surface area contributed by atoms with Gasteiger partial charge in [-0.1, -0.05) is 0 Å². The molecule has 6 heteroatoms. The van der Waals surface area contributed by atoms with E-state index in [0.29, 0.717) is 0 Å². The van der Waals surface area contributed by atoms with Crippen LogP contribution in [-0.2, 0) is 4.79 Å². The number of ketones is 1. The van der Waals surface area contributed by atoms with Gasteiger partial charge in [-0.05, 0) is 20.8 Å². The van der Waals surface area contributed by atoms with Crippen molar-refractivity contribution in [3.05, 3.63) is 0 Å². The lowest BCUT2D eigenvalue weighted by Crippen LogP contribution is -2.08. The Kier molecular flexibility index (Phi) is 15.9. The molecule has 2 nitrogen and oxygen atoms in total. The number of aliphatic hydroxyl groups excluding tert-OH is 1. The van der Waals surface area contributed by atoms with Crippen LogP contribution in [-0.4, -0.2) is 30.3 Å². The highest BCUT2D eigenvalue weighted by atomic mass is 19.4. The first-order valence-corrected chi connectivity index (χ1v) is 3.42. The van der Waals surface area contributed by atoms with Gasteiger partial charge in [-0.25, -0.2) is 4.39 Å². The number of carbonyl (C=O) groups excluding carboxylic acids is 1. The number of hydrogen-bond acceptors (Lipinski definition) is 2. The Morgan fingerprint density at radius 3 is 1.38 bits per heavy atom. The molecule has 0 radical (unpaired) electrons. The average molecular weight is 206 g/mol. The Balaban J connectivity index is -0.000000125. The summed E-state index contributed by atoms with van der Waals surface area (Å²) in [5.74, 6) is 0.167. The number of halogens is 4. The van der Waals surface area contributed by atoms with Crippen LogP contribution in [0.15, 0.2) is 0 Å². The van der Waals surface area contributed by atoms with Gasteiger partial charge in [0.05, 0.1) is 0 Å². The molecule has 0 saturated heterocycles. The van der Waals surface area contributed by atoms with Gasteiger partial charge in [0.1, 0.15) is 5.78 Å². The predicted molar refractivity (Wildman–Crippen MR) is 41.1 cm³/mol. The van der Waals surface area contributed by atoms with Crippen molar-refractivity contribution in [2.24, 2.45) is 0 Å². The number of hydrogen-bond donors (Lipinski definition) is 1. The van der Waals surface area contributed by atoms with Gasteiger partial charge in [-0.2, -0.15) is 13.2 Å². The minimum Gasteiger partial charge on any atom is -0.397 e. The molecule has 0 amide bonds. The summed E-state index contributed by atoms with van der Waals surface area (Å²) in [6, 6.07) is 0. The van der Waals surface area contributed by atoms with Crippen LogP contribution in [0, 0.1) is 0 Å². The van der Waals surface area contributed by atoms with Crippen LogP contribution in [0.1, 0.15) is 20.8 Å². The molecule has 1 N–H and O–H groups in total. The lowest BCUT2D eigenvalue weighted by molar-refractivity contribution is -0.142. The van der Waals surface area contributed by atoms with Gasteiger partial charge < -0.3 is 9.90 Å². The Bertz CT molecular complexity index is 108. The summed E-state index contributed by atoms with van der Waals surface area (Å²) in [5, 5.41) is 7.57. The zero-order chi connectivity index (χ0) is 11.5. The molecule has 0 unspecified atom stereocenters. The maximum absolute atomic E-state index is 10.4. The molecule has 0 fully saturated rings. The van der Waals surface area contributed by atoms with Crippen molar-refractivity contribution in [1.82, 2.24) is 0 Å². The van der Waals surface area contributed by atoms with E-state index in [1.54, 1.807) is 6.92 Å². The first kappa shape index (κ1) is 18.2.